The van der Waals surface area contributed by atoms with Gasteiger partial charge in [-0.2, -0.15) is 0 Å². The highest BCUT2D eigenvalue weighted by Gasteiger charge is 2.27. The molecule has 1 aliphatic carbocycles. The van der Waals surface area contributed by atoms with Crippen LogP contribution in [0.1, 0.15) is 31.2 Å². The highest BCUT2D eigenvalue weighted by molar-refractivity contribution is 5.95. The maximum absolute atomic E-state index is 12.7. The molecule has 1 N–H and O–H groups in total. The fraction of sp³-hybridized carbons (Fsp3) is 0.417. The molecule has 0 aliphatic heterocycles. The van der Waals surface area contributed by atoms with E-state index in [0.717, 1.165) is 47.6 Å². The summed E-state index contributed by atoms with van der Waals surface area (Å²) in [5.41, 5.74) is 2.14. The van der Waals surface area contributed by atoms with E-state index in [1.165, 1.54) is 0 Å². The zero-order valence-electron chi connectivity index (χ0n) is 18.0. The summed E-state index contributed by atoms with van der Waals surface area (Å²) in [5, 5.41) is 5.14. The number of aromatic nitrogens is 1. The molecule has 1 aliphatic rings. The molecule has 1 aromatic heterocycles. The van der Waals surface area contributed by atoms with Gasteiger partial charge in [-0.3, -0.25) is 4.79 Å². The van der Waals surface area contributed by atoms with E-state index in [0.29, 0.717) is 11.9 Å². The maximum Gasteiger partial charge on any atom is 0.228 e. The average Bonchev–Trinajstić information content (AvgIpc) is 2.71. The van der Waals surface area contributed by atoms with E-state index in [2.05, 4.69) is 54.1 Å². The van der Waals surface area contributed by atoms with Crippen molar-refractivity contribution in [1.82, 2.24) is 14.8 Å². The van der Waals surface area contributed by atoms with E-state index < -0.39 is 0 Å². The Labute approximate surface area is 174 Å². The summed E-state index contributed by atoms with van der Waals surface area (Å²) in [6.07, 6.45) is 9.73. The van der Waals surface area contributed by atoms with E-state index >= 15 is 0 Å². The third kappa shape index (κ3) is 5.24. The molecule has 1 amide bonds. The molecule has 5 nitrogen and oxygen atoms in total. The average molecular weight is 393 g/mol. The van der Waals surface area contributed by atoms with Gasteiger partial charge in [-0.15, -0.1) is 0 Å². The normalized spacial score (nSPS) is 20.0. The fourth-order valence-electron chi connectivity index (χ4n) is 3.99. The Morgan fingerprint density at radius 3 is 2.45 bits per heavy atom. The predicted molar refractivity (Wildman–Crippen MR) is 122 cm³/mol. The summed E-state index contributed by atoms with van der Waals surface area (Å²) in [6.45, 7) is 3.93. The van der Waals surface area contributed by atoms with Crippen molar-refractivity contribution in [2.75, 3.05) is 33.5 Å². The molecule has 0 unspecified atom stereocenters. The van der Waals surface area contributed by atoms with Crippen molar-refractivity contribution in [2.45, 2.75) is 31.7 Å². The number of pyridine rings is 1. The van der Waals surface area contributed by atoms with Gasteiger partial charge >= 0.3 is 0 Å². The topological polar surface area (TPSA) is 48.5 Å². The van der Waals surface area contributed by atoms with Crippen molar-refractivity contribution in [3.63, 3.8) is 0 Å². The third-order valence-corrected chi connectivity index (χ3v) is 5.72. The van der Waals surface area contributed by atoms with Crippen LogP contribution in [0.15, 0.2) is 49.3 Å². The van der Waals surface area contributed by atoms with Gasteiger partial charge in [-0.25, -0.2) is 4.98 Å². The molecule has 0 saturated heterocycles. The van der Waals surface area contributed by atoms with Crippen LogP contribution in [0, 0.1) is 5.92 Å². The third-order valence-electron chi connectivity index (χ3n) is 5.72. The summed E-state index contributed by atoms with van der Waals surface area (Å²) in [4.78, 5) is 21.4. The molecule has 0 atom stereocenters. The Morgan fingerprint density at radius 1 is 1.10 bits per heavy atom. The molecule has 5 heteroatoms. The van der Waals surface area contributed by atoms with E-state index in [4.69, 9.17) is 0 Å². The number of fused-ring (bicyclic) bond motifs is 1. The van der Waals surface area contributed by atoms with Crippen molar-refractivity contribution >= 4 is 28.1 Å². The zero-order chi connectivity index (χ0) is 21.0. The number of carbonyl (C=O) groups excluding carboxylic acids is 1. The second-order valence-corrected chi connectivity index (χ2v) is 8.34. The van der Waals surface area contributed by atoms with Crippen LogP contribution in [-0.4, -0.2) is 54.9 Å². The van der Waals surface area contributed by atoms with E-state index in [-0.39, 0.29) is 11.8 Å². The van der Waals surface area contributed by atoms with Crippen LogP contribution in [0.3, 0.4) is 0 Å². The standard InChI is InChI=1S/C24H32N4O/c1-6-17(16-27(2)3)19-7-8-20-15-25-23(14-21(20)13-19)26-24(29)18-9-11-22(12-10-18)28(4)5/h6-8,13-16,18,22H,1,9-12H2,2-5H3,(H,25,26,29)/b17-16+. The van der Waals surface area contributed by atoms with Crippen LogP contribution < -0.4 is 5.32 Å². The largest absolute Gasteiger partial charge is 0.383 e. The number of nitrogens with one attached hydrogen (secondary N) is 1. The smallest absolute Gasteiger partial charge is 0.228 e. The van der Waals surface area contributed by atoms with E-state index in [1.54, 1.807) is 0 Å². The highest BCUT2D eigenvalue weighted by atomic mass is 16.1. The minimum absolute atomic E-state index is 0.0745. The molecule has 0 spiro atoms. The number of hydrogen-bond acceptors (Lipinski definition) is 4. The molecule has 1 fully saturated rings. The van der Waals surface area contributed by atoms with Gasteiger partial charge in [0.1, 0.15) is 5.82 Å². The number of carbonyl (C=O) groups is 1. The minimum Gasteiger partial charge on any atom is -0.383 e. The first-order valence-corrected chi connectivity index (χ1v) is 10.3. The van der Waals surface area contributed by atoms with Crippen molar-refractivity contribution in [3.05, 3.63) is 54.9 Å². The Bertz CT molecular complexity index is 908. The Hall–Kier alpha value is -2.66. The molecule has 0 bridgehead atoms. The monoisotopic (exact) mass is 392 g/mol. The van der Waals surface area contributed by atoms with Gasteiger partial charge in [-0.05, 0) is 68.4 Å². The molecule has 29 heavy (non-hydrogen) atoms. The Morgan fingerprint density at radius 2 is 1.83 bits per heavy atom. The first-order valence-electron chi connectivity index (χ1n) is 10.3. The summed E-state index contributed by atoms with van der Waals surface area (Å²) in [7, 11) is 8.22. The second-order valence-electron chi connectivity index (χ2n) is 8.34. The zero-order valence-corrected chi connectivity index (χ0v) is 18.0. The van der Waals surface area contributed by atoms with Crippen LogP contribution in [0.2, 0.25) is 0 Å². The number of nitrogens with zero attached hydrogens (tertiary/aromatic N) is 3. The van der Waals surface area contributed by atoms with E-state index in [1.807, 2.05) is 43.5 Å². The van der Waals surface area contributed by atoms with Crippen LogP contribution in [0.25, 0.3) is 16.3 Å². The highest BCUT2D eigenvalue weighted by Crippen LogP contribution is 2.28. The first kappa shape index (κ1) is 21.1. The van der Waals surface area contributed by atoms with Gasteiger partial charge in [0.15, 0.2) is 0 Å². The molecular weight excluding hydrogens is 360 g/mol. The van der Waals surface area contributed by atoms with Crippen LogP contribution >= 0.6 is 0 Å². The molecule has 0 radical (unpaired) electrons. The number of benzene rings is 1. The molecule has 1 aromatic carbocycles. The van der Waals surface area contributed by atoms with Crippen LogP contribution in [0.4, 0.5) is 5.82 Å². The lowest BCUT2D eigenvalue weighted by Gasteiger charge is -2.31. The fourth-order valence-corrected chi connectivity index (χ4v) is 3.99. The van der Waals surface area contributed by atoms with Crippen molar-refractivity contribution in [3.8, 4) is 0 Å². The van der Waals surface area contributed by atoms with Crippen molar-refractivity contribution in [1.29, 1.82) is 0 Å². The lowest BCUT2D eigenvalue weighted by atomic mass is 9.85. The van der Waals surface area contributed by atoms with E-state index in [9.17, 15) is 4.79 Å². The number of hydrogen-bond donors (Lipinski definition) is 1. The SMILES string of the molecule is C=C/C(=C\N(C)C)c1ccc2cnc(NC(=O)C3CCC(N(C)C)CC3)cc2c1. The summed E-state index contributed by atoms with van der Waals surface area (Å²) in [5.74, 6) is 0.779. The quantitative estimate of drug-likeness (QED) is 0.741. The lowest BCUT2D eigenvalue weighted by Crippen LogP contribution is -2.35. The molecule has 1 heterocycles. The van der Waals surface area contributed by atoms with Gasteiger partial charge in [0, 0.05) is 43.8 Å². The Kier molecular flexibility index (Phi) is 6.70. The van der Waals surface area contributed by atoms with Gasteiger partial charge in [0.05, 0.1) is 0 Å². The summed E-state index contributed by atoms with van der Waals surface area (Å²) in [6, 6.07) is 8.79. The van der Waals surface area contributed by atoms with Crippen LogP contribution in [-0.2, 0) is 4.79 Å². The van der Waals surface area contributed by atoms with Gasteiger partial charge in [0.25, 0.3) is 0 Å². The maximum atomic E-state index is 12.7. The van der Waals surface area contributed by atoms with Crippen LogP contribution in [0.5, 0.6) is 0 Å². The summed E-state index contributed by atoms with van der Waals surface area (Å²) < 4.78 is 0. The number of amides is 1. The minimum atomic E-state index is 0.0745. The number of anilines is 1. The molecule has 1 saturated carbocycles. The lowest BCUT2D eigenvalue weighted by molar-refractivity contribution is -0.121. The second kappa shape index (κ2) is 9.23. The van der Waals surface area contributed by atoms with Gasteiger partial charge in [0.2, 0.25) is 5.91 Å². The predicted octanol–water partition coefficient (Wildman–Crippen LogP) is 4.38. The van der Waals surface area contributed by atoms with Gasteiger partial charge < -0.3 is 15.1 Å². The van der Waals surface area contributed by atoms with Crippen molar-refractivity contribution in [2.24, 2.45) is 5.92 Å². The molecule has 154 valence electrons. The first-order chi connectivity index (χ1) is 13.9. The Balaban J connectivity index is 1.75. The molecular formula is C24H32N4O. The van der Waals surface area contributed by atoms with Crippen molar-refractivity contribution < 1.29 is 4.79 Å². The number of allylic oxidation sites excluding steroid dienone is 2. The molecule has 3 rings (SSSR count). The van der Waals surface area contributed by atoms with Gasteiger partial charge in [-0.1, -0.05) is 24.8 Å². The summed E-state index contributed by atoms with van der Waals surface area (Å²) >= 11 is 0. The molecule has 2 aromatic rings. The number of rotatable bonds is 6.